The topological polar surface area (TPSA) is 65.6 Å². The fraction of sp³-hybridized carbons (Fsp3) is 0.286. The van der Waals surface area contributed by atoms with E-state index in [1.54, 1.807) is 0 Å². The van der Waals surface area contributed by atoms with Crippen LogP contribution in [0.3, 0.4) is 0 Å². The first-order chi connectivity index (χ1) is 9.64. The molecule has 0 fully saturated rings. The van der Waals surface area contributed by atoms with Crippen molar-refractivity contribution >= 4 is 27.3 Å². The lowest BCUT2D eigenvalue weighted by molar-refractivity contribution is -0.113. The van der Waals surface area contributed by atoms with E-state index in [-0.39, 0.29) is 5.57 Å². The van der Waals surface area contributed by atoms with Gasteiger partial charge in [0.15, 0.2) is 5.57 Å². The standard InChI is InChI=1S/C14H15N3OS2/c1-3-20(10-11-7-5-4-6-8-11)16-13(18)12(9-15)14(17-20)19-2/h4-8H,3,10H2,1-2H3. The number of hydrogen-bond donors (Lipinski definition) is 0. The maximum atomic E-state index is 12.1. The summed E-state index contributed by atoms with van der Waals surface area (Å²) in [7, 11) is -1.77. The Morgan fingerprint density at radius 1 is 1.30 bits per heavy atom. The summed E-state index contributed by atoms with van der Waals surface area (Å²) in [4.78, 5) is 12.1. The number of hydrogen-bond acceptors (Lipinski definition) is 4. The number of nitriles is 1. The second-order valence-electron chi connectivity index (χ2n) is 4.20. The Hall–Kier alpha value is -1.58. The molecule has 1 aliphatic rings. The third-order valence-corrected chi connectivity index (χ3v) is 6.49. The lowest BCUT2D eigenvalue weighted by Gasteiger charge is -2.18. The highest BCUT2D eigenvalue weighted by atomic mass is 32.2. The zero-order valence-electron chi connectivity index (χ0n) is 11.4. The molecule has 0 saturated heterocycles. The predicted octanol–water partition coefficient (Wildman–Crippen LogP) is 3.37. The van der Waals surface area contributed by atoms with Gasteiger partial charge in [-0.3, -0.25) is 4.79 Å². The van der Waals surface area contributed by atoms with Crippen molar-refractivity contribution in [3.63, 3.8) is 0 Å². The van der Waals surface area contributed by atoms with Crippen LogP contribution in [0.5, 0.6) is 0 Å². The smallest absolute Gasteiger partial charge is 0.265 e. The Kier molecular flexibility index (Phi) is 4.63. The van der Waals surface area contributed by atoms with Crippen LogP contribution in [0.4, 0.5) is 0 Å². The van der Waals surface area contributed by atoms with Gasteiger partial charge in [-0.1, -0.05) is 37.3 Å². The van der Waals surface area contributed by atoms with Crippen LogP contribution >= 0.6 is 11.8 Å². The fourth-order valence-corrected chi connectivity index (χ4v) is 5.09. The minimum absolute atomic E-state index is 0.0714. The van der Waals surface area contributed by atoms with Crippen LogP contribution < -0.4 is 0 Å². The van der Waals surface area contributed by atoms with Crippen molar-refractivity contribution in [3.05, 3.63) is 46.5 Å². The highest BCUT2D eigenvalue weighted by molar-refractivity contribution is 8.03. The van der Waals surface area contributed by atoms with Crippen LogP contribution in [-0.4, -0.2) is 17.9 Å². The van der Waals surface area contributed by atoms with E-state index in [4.69, 9.17) is 5.26 Å². The monoisotopic (exact) mass is 305 g/mol. The van der Waals surface area contributed by atoms with Gasteiger partial charge in [-0.05, 0) is 21.4 Å². The molecular weight excluding hydrogens is 290 g/mol. The summed E-state index contributed by atoms with van der Waals surface area (Å²) < 4.78 is 8.93. The largest absolute Gasteiger partial charge is 0.297 e. The Bertz CT molecular complexity index is 721. The Balaban J connectivity index is 2.55. The molecule has 1 amide bonds. The van der Waals surface area contributed by atoms with Crippen LogP contribution in [0.1, 0.15) is 12.5 Å². The fourth-order valence-electron chi connectivity index (χ4n) is 1.88. The highest BCUT2D eigenvalue weighted by Gasteiger charge is 2.23. The van der Waals surface area contributed by atoms with Crippen molar-refractivity contribution in [2.45, 2.75) is 12.7 Å². The first-order valence-electron chi connectivity index (χ1n) is 6.15. The van der Waals surface area contributed by atoms with Crippen molar-refractivity contribution in [2.24, 2.45) is 8.73 Å². The second-order valence-corrected chi connectivity index (χ2v) is 7.84. The van der Waals surface area contributed by atoms with Crippen molar-refractivity contribution in [1.82, 2.24) is 0 Å². The number of carbonyl (C=O) groups excluding carboxylic acids is 1. The molecule has 1 unspecified atom stereocenters. The Morgan fingerprint density at radius 2 is 2.00 bits per heavy atom. The van der Waals surface area contributed by atoms with Crippen molar-refractivity contribution < 1.29 is 4.79 Å². The van der Waals surface area contributed by atoms with E-state index >= 15 is 0 Å². The minimum Gasteiger partial charge on any atom is -0.265 e. The summed E-state index contributed by atoms with van der Waals surface area (Å²) in [5, 5.41) is 9.57. The summed E-state index contributed by atoms with van der Waals surface area (Å²) in [5.74, 6) is 0.939. The SMILES string of the molecule is CCS1(Cc2ccccc2)=NC(=O)C(C#N)=C(SC)N=1. The van der Waals surface area contributed by atoms with E-state index < -0.39 is 15.5 Å². The molecule has 104 valence electrons. The molecule has 1 heterocycles. The summed E-state index contributed by atoms with van der Waals surface area (Å²) in [6.07, 6.45) is 1.83. The third-order valence-electron chi connectivity index (χ3n) is 2.94. The maximum Gasteiger partial charge on any atom is 0.297 e. The zero-order valence-corrected chi connectivity index (χ0v) is 13.0. The van der Waals surface area contributed by atoms with Gasteiger partial charge in [0, 0.05) is 11.5 Å². The average molecular weight is 305 g/mol. The average Bonchev–Trinajstić information content (AvgIpc) is 2.47. The molecule has 1 aliphatic heterocycles. The Labute approximate surface area is 123 Å². The quantitative estimate of drug-likeness (QED) is 0.856. The molecule has 0 radical (unpaired) electrons. The number of thioether (sulfide) groups is 1. The van der Waals surface area contributed by atoms with Gasteiger partial charge in [0.1, 0.15) is 11.1 Å². The molecule has 2 rings (SSSR count). The van der Waals surface area contributed by atoms with Gasteiger partial charge >= 0.3 is 0 Å². The van der Waals surface area contributed by atoms with Crippen LogP contribution in [0.2, 0.25) is 0 Å². The normalized spacial score (nSPS) is 21.9. The van der Waals surface area contributed by atoms with Gasteiger partial charge < -0.3 is 0 Å². The van der Waals surface area contributed by atoms with Gasteiger partial charge in [0.25, 0.3) is 5.91 Å². The molecule has 1 aromatic carbocycles. The molecule has 6 heteroatoms. The summed E-state index contributed by atoms with van der Waals surface area (Å²) >= 11 is 1.34. The lowest BCUT2D eigenvalue weighted by atomic mass is 10.2. The molecule has 0 spiro atoms. The van der Waals surface area contributed by atoms with Gasteiger partial charge in [-0.2, -0.15) is 9.62 Å². The minimum atomic E-state index is -1.77. The Morgan fingerprint density at radius 3 is 2.55 bits per heavy atom. The van der Waals surface area contributed by atoms with Crippen LogP contribution in [0.25, 0.3) is 0 Å². The van der Waals surface area contributed by atoms with Crippen molar-refractivity contribution in [2.75, 3.05) is 12.0 Å². The molecule has 20 heavy (non-hydrogen) atoms. The van der Waals surface area contributed by atoms with E-state index in [2.05, 4.69) is 8.73 Å². The third kappa shape index (κ3) is 2.94. The second kappa shape index (κ2) is 6.25. The van der Waals surface area contributed by atoms with Gasteiger partial charge in [-0.15, -0.1) is 11.8 Å². The van der Waals surface area contributed by atoms with Crippen LogP contribution in [0, 0.1) is 11.3 Å². The number of nitrogens with zero attached hydrogens (tertiary/aromatic N) is 3. The van der Waals surface area contributed by atoms with Gasteiger partial charge in [-0.25, -0.2) is 4.36 Å². The lowest BCUT2D eigenvalue weighted by Crippen LogP contribution is -2.15. The highest BCUT2D eigenvalue weighted by Crippen LogP contribution is 2.28. The van der Waals surface area contributed by atoms with Crippen LogP contribution in [0.15, 0.2) is 49.7 Å². The predicted molar refractivity (Wildman–Crippen MR) is 84.1 cm³/mol. The van der Waals surface area contributed by atoms with Crippen LogP contribution in [-0.2, 0) is 20.2 Å². The van der Waals surface area contributed by atoms with E-state index in [0.29, 0.717) is 16.5 Å². The van der Waals surface area contributed by atoms with Crippen molar-refractivity contribution in [1.29, 1.82) is 5.26 Å². The molecule has 0 N–H and O–H groups in total. The van der Waals surface area contributed by atoms with Gasteiger partial charge in [0.2, 0.25) is 0 Å². The summed E-state index contributed by atoms with van der Waals surface area (Å²) in [6.45, 7) is 1.99. The van der Waals surface area contributed by atoms with E-state index in [1.807, 2.05) is 49.6 Å². The zero-order chi connectivity index (χ0) is 14.6. The molecule has 0 bridgehead atoms. The molecule has 0 saturated carbocycles. The molecular formula is C14H15N3OS2. The van der Waals surface area contributed by atoms with E-state index in [0.717, 1.165) is 5.56 Å². The summed E-state index contributed by atoms with van der Waals surface area (Å²) in [5.41, 5.74) is 1.19. The molecule has 4 nitrogen and oxygen atoms in total. The number of amides is 1. The first kappa shape index (κ1) is 14.8. The first-order valence-corrected chi connectivity index (χ1v) is 9.26. The molecule has 1 aromatic rings. The molecule has 1 atom stereocenters. The molecule has 0 aliphatic carbocycles. The van der Waals surface area contributed by atoms with Gasteiger partial charge in [0.05, 0.1) is 0 Å². The molecule has 0 aromatic heterocycles. The number of carbonyl (C=O) groups is 1. The van der Waals surface area contributed by atoms with E-state index in [9.17, 15) is 4.79 Å². The maximum absolute atomic E-state index is 12.1. The van der Waals surface area contributed by atoms with Crippen molar-refractivity contribution in [3.8, 4) is 6.07 Å². The number of rotatable bonds is 4. The van der Waals surface area contributed by atoms with E-state index in [1.165, 1.54) is 11.8 Å². The number of benzene rings is 1. The summed E-state index contributed by atoms with van der Waals surface area (Å²) in [6, 6.07) is 11.8.